The highest BCUT2D eigenvalue weighted by molar-refractivity contribution is 9.10. The lowest BCUT2D eigenvalue weighted by molar-refractivity contribution is 0.196. The normalized spacial score (nSPS) is 15.0. The van der Waals surface area contributed by atoms with E-state index in [1.165, 1.54) is 4.90 Å². The molecule has 1 nitrogen and oxygen atoms in total. The minimum Gasteiger partial charge on any atom is -0.389 e. The Morgan fingerprint density at radius 1 is 1.40 bits per heavy atom. The highest BCUT2D eigenvalue weighted by atomic mass is 79.9. The topological polar surface area (TPSA) is 20.2 Å². The van der Waals surface area contributed by atoms with Gasteiger partial charge in [0, 0.05) is 14.6 Å². The fraction of sp³-hybridized carbons (Fsp3) is 0.500. The second-order valence-electron chi connectivity index (χ2n) is 3.69. The number of thioether (sulfide) groups is 1. The van der Waals surface area contributed by atoms with E-state index in [-0.39, 0.29) is 0 Å². The van der Waals surface area contributed by atoms with Gasteiger partial charge >= 0.3 is 0 Å². The highest BCUT2D eigenvalue weighted by Gasteiger charge is 2.11. The van der Waals surface area contributed by atoms with Crippen LogP contribution in [0.3, 0.4) is 0 Å². The van der Waals surface area contributed by atoms with Crippen LogP contribution in [0.2, 0.25) is 0 Å². The van der Waals surface area contributed by atoms with E-state index >= 15 is 0 Å². The van der Waals surface area contributed by atoms with Crippen LogP contribution in [-0.2, 0) is 0 Å². The number of halogens is 1. The maximum Gasteiger partial charge on any atom is 0.0772 e. The Morgan fingerprint density at radius 2 is 2.07 bits per heavy atom. The Balaban J connectivity index is 2.96. The van der Waals surface area contributed by atoms with Crippen LogP contribution in [0.5, 0.6) is 0 Å². The summed E-state index contributed by atoms with van der Waals surface area (Å²) in [6.07, 6.45) is 0.737. The fourth-order valence-electron chi connectivity index (χ4n) is 1.26. The molecule has 0 bridgehead atoms. The smallest absolute Gasteiger partial charge is 0.0772 e. The van der Waals surface area contributed by atoms with E-state index in [0.717, 1.165) is 16.5 Å². The molecule has 15 heavy (non-hydrogen) atoms. The maximum absolute atomic E-state index is 9.65. The third kappa shape index (κ3) is 3.82. The van der Waals surface area contributed by atoms with Gasteiger partial charge in [0.25, 0.3) is 0 Å². The van der Waals surface area contributed by atoms with Crippen molar-refractivity contribution < 1.29 is 5.11 Å². The summed E-state index contributed by atoms with van der Waals surface area (Å²) >= 11 is 5.28. The molecular formula is C12H17BrOS. The molecule has 0 radical (unpaired) electrons. The monoisotopic (exact) mass is 288 g/mol. The lowest BCUT2D eigenvalue weighted by atomic mass is 10.1. The van der Waals surface area contributed by atoms with Gasteiger partial charge in [-0.05, 0) is 31.0 Å². The van der Waals surface area contributed by atoms with Gasteiger partial charge in [-0.25, -0.2) is 0 Å². The van der Waals surface area contributed by atoms with Crippen molar-refractivity contribution in [2.75, 3.05) is 0 Å². The molecule has 0 fully saturated rings. The number of hydrogen-bond donors (Lipinski definition) is 1. The van der Waals surface area contributed by atoms with Crippen molar-refractivity contribution in [2.45, 2.75) is 43.4 Å². The Kier molecular flexibility index (Phi) is 5.16. The average Bonchev–Trinajstić information content (AvgIpc) is 2.17. The summed E-state index contributed by atoms with van der Waals surface area (Å²) in [5, 5.41) is 10.2. The van der Waals surface area contributed by atoms with Gasteiger partial charge in [0.2, 0.25) is 0 Å². The van der Waals surface area contributed by atoms with E-state index in [2.05, 4.69) is 35.8 Å². The SMILES string of the molecule is CCC(C)Sc1cc(Br)ccc1C(C)O. The zero-order valence-electron chi connectivity index (χ0n) is 9.33. The maximum atomic E-state index is 9.65. The molecule has 3 heteroatoms. The predicted octanol–water partition coefficient (Wildman–Crippen LogP) is 4.39. The predicted molar refractivity (Wildman–Crippen MR) is 70.4 cm³/mol. The standard InChI is InChI=1S/C12H17BrOS/c1-4-8(2)15-12-7-10(13)5-6-11(12)9(3)14/h5-9,14H,4H2,1-3H3. The summed E-state index contributed by atoms with van der Waals surface area (Å²) in [4.78, 5) is 1.17. The van der Waals surface area contributed by atoms with Crippen LogP contribution in [0.1, 0.15) is 38.9 Å². The third-order valence-corrected chi connectivity index (χ3v) is 4.17. The van der Waals surface area contributed by atoms with Crippen LogP contribution >= 0.6 is 27.7 Å². The molecule has 0 saturated heterocycles. The first-order valence-electron chi connectivity index (χ1n) is 5.18. The molecule has 2 atom stereocenters. The van der Waals surface area contributed by atoms with Crippen molar-refractivity contribution in [3.05, 3.63) is 28.2 Å². The quantitative estimate of drug-likeness (QED) is 0.829. The second-order valence-corrected chi connectivity index (χ2v) is 6.09. The number of rotatable bonds is 4. The van der Waals surface area contributed by atoms with E-state index < -0.39 is 6.10 Å². The van der Waals surface area contributed by atoms with Crippen molar-refractivity contribution in [3.63, 3.8) is 0 Å². The zero-order chi connectivity index (χ0) is 11.4. The molecule has 1 aromatic carbocycles. The van der Waals surface area contributed by atoms with Crippen LogP contribution in [0.15, 0.2) is 27.6 Å². The molecule has 0 aromatic heterocycles. The minimum atomic E-state index is -0.398. The summed E-state index contributed by atoms with van der Waals surface area (Å²) in [6.45, 7) is 6.19. The minimum absolute atomic E-state index is 0.398. The Labute approximate surface area is 104 Å². The number of aliphatic hydroxyl groups is 1. The van der Waals surface area contributed by atoms with Crippen molar-refractivity contribution >= 4 is 27.7 Å². The Bertz CT molecular complexity index is 325. The largest absolute Gasteiger partial charge is 0.389 e. The Hall–Kier alpha value is 0.01000. The van der Waals surface area contributed by atoms with Crippen molar-refractivity contribution in [2.24, 2.45) is 0 Å². The van der Waals surface area contributed by atoms with Crippen LogP contribution in [0.4, 0.5) is 0 Å². The zero-order valence-corrected chi connectivity index (χ0v) is 11.7. The van der Waals surface area contributed by atoms with Crippen molar-refractivity contribution in [1.82, 2.24) is 0 Å². The third-order valence-electron chi connectivity index (χ3n) is 2.33. The van der Waals surface area contributed by atoms with Gasteiger partial charge < -0.3 is 5.11 Å². The summed E-state index contributed by atoms with van der Waals surface area (Å²) < 4.78 is 1.07. The molecule has 1 N–H and O–H groups in total. The fourth-order valence-corrected chi connectivity index (χ4v) is 2.94. The van der Waals surface area contributed by atoms with Crippen LogP contribution < -0.4 is 0 Å². The molecular weight excluding hydrogens is 272 g/mol. The summed E-state index contributed by atoms with van der Waals surface area (Å²) in [6, 6.07) is 6.04. The first-order chi connectivity index (χ1) is 7.04. The van der Waals surface area contributed by atoms with Gasteiger partial charge in [-0.1, -0.05) is 35.8 Å². The summed E-state index contributed by atoms with van der Waals surface area (Å²) in [5.74, 6) is 0. The van der Waals surface area contributed by atoms with Crippen LogP contribution in [0, 0.1) is 0 Å². The molecule has 2 unspecified atom stereocenters. The molecule has 0 amide bonds. The molecule has 0 aliphatic heterocycles. The summed E-state index contributed by atoms with van der Waals surface area (Å²) in [7, 11) is 0. The molecule has 0 aliphatic rings. The number of hydrogen-bond acceptors (Lipinski definition) is 2. The molecule has 1 rings (SSSR count). The lowest BCUT2D eigenvalue weighted by Crippen LogP contribution is -1.98. The van der Waals surface area contributed by atoms with Crippen molar-refractivity contribution in [1.29, 1.82) is 0 Å². The van der Waals surface area contributed by atoms with Gasteiger partial charge in [0.15, 0.2) is 0 Å². The van der Waals surface area contributed by atoms with Crippen LogP contribution in [0.25, 0.3) is 0 Å². The van der Waals surface area contributed by atoms with Gasteiger partial charge in [0.05, 0.1) is 6.10 Å². The van der Waals surface area contributed by atoms with E-state index in [1.54, 1.807) is 0 Å². The molecule has 0 spiro atoms. The van der Waals surface area contributed by atoms with E-state index in [9.17, 15) is 5.11 Å². The average molecular weight is 289 g/mol. The highest BCUT2D eigenvalue weighted by Crippen LogP contribution is 2.33. The second kappa shape index (κ2) is 5.92. The summed E-state index contributed by atoms with van der Waals surface area (Å²) in [5.41, 5.74) is 1.02. The molecule has 1 aromatic rings. The molecule has 0 aliphatic carbocycles. The number of benzene rings is 1. The van der Waals surface area contributed by atoms with Gasteiger partial charge in [-0.15, -0.1) is 11.8 Å². The van der Waals surface area contributed by atoms with Gasteiger partial charge in [0.1, 0.15) is 0 Å². The van der Waals surface area contributed by atoms with Crippen LogP contribution in [-0.4, -0.2) is 10.4 Å². The lowest BCUT2D eigenvalue weighted by Gasteiger charge is -2.15. The molecule has 0 saturated carbocycles. The Morgan fingerprint density at radius 3 is 2.60 bits per heavy atom. The molecule has 0 heterocycles. The van der Waals surface area contributed by atoms with Crippen molar-refractivity contribution in [3.8, 4) is 0 Å². The number of aliphatic hydroxyl groups excluding tert-OH is 1. The molecule has 84 valence electrons. The van der Waals surface area contributed by atoms with E-state index in [0.29, 0.717) is 5.25 Å². The van der Waals surface area contributed by atoms with Gasteiger partial charge in [-0.2, -0.15) is 0 Å². The van der Waals surface area contributed by atoms with Gasteiger partial charge in [-0.3, -0.25) is 0 Å². The van der Waals surface area contributed by atoms with E-state index in [4.69, 9.17) is 0 Å². The van der Waals surface area contributed by atoms with E-state index in [1.807, 2.05) is 30.8 Å². The first-order valence-corrected chi connectivity index (χ1v) is 6.86. The first kappa shape index (κ1) is 13.1.